The first-order valence-electron chi connectivity index (χ1n) is 7.04. The highest BCUT2D eigenvalue weighted by atomic mass is 32.2. The number of thioether (sulfide) groups is 1. The van der Waals surface area contributed by atoms with Crippen molar-refractivity contribution in [2.24, 2.45) is 16.3 Å². The van der Waals surface area contributed by atoms with E-state index >= 15 is 0 Å². The molecule has 0 radical (unpaired) electrons. The van der Waals surface area contributed by atoms with E-state index in [-0.39, 0.29) is 5.84 Å². The van der Waals surface area contributed by atoms with Crippen LogP contribution in [0.5, 0.6) is 0 Å². The van der Waals surface area contributed by atoms with Crippen LogP contribution in [-0.4, -0.2) is 37.1 Å². The summed E-state index contributed by atoms with van der Waals surface area (Å²) in [5.41, 5.74) is 6.95. The predicted molar refractivity (Wildman–Crippen MR) is 88.1 cm³/mol. The first-order chi connectivity index (χ1) is 10.7. The SMILES string of the molecule is Cc1cc(C)n2nc(SC/C(N)=N\OC(=O)C(C)(C)C)nc2n1. The van der Waals surface area contributed by atoms with Crippen LogP contribution in [0, 0.1) is 19.3 Å². The molecular formula is C14H20N6O2S. The molecule has 0 fully saturated rings. The summed E-state index contributed by atoms with van der Waals surface area (Å²) in [4.78, 5) is 25.0. The Bertz CT molecular complexity index is 762. The monoisotopic (exact) mass is 336 g/mol. The van der Waals surface area contributed by atoms with Gasteiger partial charge in [0, 0.05) is 11.4 Å². The third-order valence-electron chi connectivity index (χ3n) is 2.81. The van der Waals surface area contributed by atoms with Gasteiger partial charge in [-0.3, -0.25) is 0 Å². The van der Waals surface area contributed by atoms with Crippen molar-refractivity contribution in [3.63, 3.8) is 0 Å². The molecule has 0 aliphatic carbocycles. The van der Waals surface area contributed by atoms with E-state index in [2.05, 4.69) is 20.2 Å². The van der Waals surface area contributed by atoms with Crippen LogP contribution in [0.15, 0.2) is 16.4 Å². The minimum absolute atomic E-state index is 0.187. The first kappa shape index (κ1) is 17.2. The molecule has 0 aliphatic rings. The van der Waals surface area contributed by atoms with Crippen LogP contribution in [0.4, 0.5) is 0 Å². The standard InChI is InChI=1S/C14H20N6O2S/c1-8-6-9(2)20-12(16-8)17-13(18-20)23-7-10(15)19-22-11(21)14(3,4)5/h6H,7H2,1-5H3,(H2,15,19). The van der Waals surface area contributed by atoms with Crippen molar-refractivity contribution < 1.29 is 9.63 Å². The number of aromatic nitrogens is 4. The Morgan fingerprint density at radius 2 is 2.09 bits per heavy atom. The number of fused-ring (bicyclic) bond motifs is 1. The molecule has 23 heavy (non-hydrogen) atoms. The first-order valence-corrected chi connectivity index (χ1v) is 8.03. The molecule has 0 unspecified atom stereocenters. The largest absolute Gasteiger partial charge is 0.384 e. The van der Waals surface area contributed by atoms with Gasteiger partial charge in [0.1, 0.15) is 0 Å². The average molecular weight is 336 g/mol. The zero-order valence-corrected chi connectivity index (χ0v) is 14.6. The number of oxime groups is 1. The van der Waals surface area contributed by atoms with Crippen molar-refractivity contribution >= 4 is 29.3 Å². The number of hydrogen-bond acceptors (Lipinski definition) is 7. The molecule has 2 aromatic heterocycles. The molecule has 0 spiro atoms. The molecule has 0 saturated carbocycles. The lowest BCUT2D eigenvalue weighted by atomic mass is 9.98. The Balaban J connectivity index is 2.00. The second kappa shape index (κ2) is 6.53. The van der Waals surface area contributed by atoms with Gasteiger partial charge >= 0.3 is 5.97 Å². The summed E-state index contributed by atoms with van der Waals surface area (Å²) in [6.45, 7) is 9.07. The molecule has 8 nitrogen and oxygen atoms in total. The summed E-state index contributed by atoms with van der Waals surface area (Å²) in [6, 6.07) is 1.93. The molecule has 2 N–H and O–H groups in total. The van der Waals surface area contributed by atoms with Gasteiger partial charge in [-0.2, -0.15) is 4.98 Å². The van der Waals surface area contributed by atoms with Crippen LogP contribution in [0.3, 0.4) is 0 Å². The van der Waals surface area contributed by atoms with Crippen molar-refractivity contribution in [2.45, 2.75) is 39.8 Å². The van der Waals surface area contributed by atoms with Gasteiger partial charge in [0.05, 0.1) is 11.2 Å². The van der Waals surface area contributed by atoms with Gasteiger partial charge in [-0.05, 0) is 40.7 Å². The lowest BCUT2D eigenvalue weighted by Gasteiger charge is -2.12. The van der Waals surface area contributed by atoms with Crippen molar-refractivity contribution in [3.8, 4) is 0 Å². The van der Waals surface area contributed by atoms with E-state index in [1.165, 1.54) is 11.8 Å². The lowest BCUT2D eigenvalue weighted by molar-refractivity contribution is -0.152. The van der Waals surface area contributed by atoms with Gasteiger partial charge < -0.3 is 10.6 Å². The zero-order chi connectivity index (χ0) is 17.2. The van der Waals surface area contributed by atoms with E-state index in [0.29, 0.717) is 16.7 Å². The Labute approximate surface area is 138 Å². The molecule has 0 amide bonds. The van der Waals surface area contributed by atoms with Gasteiger partial charge in [-0.1, -0.05) is 16.9 Å². The fourth-order valence-corrected chi connectivity index (χ4v) is 2.23. The highest BCUT2D eigenvalue weighted by Crippen LogP contribution is 2.17. The molecular weight excluding hydrogens is 316 g/mol. The topological polar surface area (TPSA) is 108 Å². The van der Waals surface area contributed by atoms with E-state index in [1.54, 1.807) is 25.3 Å². The van der Waals surface area contributed by atoms with Crippen molar-refractivity contribution in [1.29, 1.82) is 0 Å². The second-order valence-electron chi connectivity index (χ2n) is 6.15. The van der Waals surface area contributed by atoms with E-state index in [4.69, 9.17) is 10.6 Å². The van der Waals surface area contributed by atoms with Crippen LogP contribution in [0.25, 0.3) is 5.78 Å². The number of carbonyl (C=O) groups excluding carboxylic acids is 1. The molecule has 9 heteroatoms. The maximum atomic E-state index is 11.6. The smallest absolute Gasteiger partial charge is 0.340 e. The molecule has 0 bridgehead atoms. The van der Waals surface area contributed by atoms with Crippen molar-refractivity contribution in [2.75, 3.05) is 5.75 Å². The Morgan fingerprint density at radius 1 is 1.39 bits per heavy atom. The summed E-state index contributed by atoms with van der Waals surface area (Å²) in [6.07, 6.45) is 0. The number of nitrogens with two attached hydrogens (primary N) is 1. The quantitative estimate of drug-likeness (QED) is 0.297. The molecule has 0 aliphatic heterocycles. The number of nitrogens with zero attached hydrogens (tertiary/aromatic N) is 5. The zero-order valence-electron chi connectivity index (χ0n) is 13.8. The van der Waals surface area contributed by atoms with Crippen LogP contribution >= 0.6 is 11.8 Å². The van der Waals surface area contributed by atoms with E-state index in [1.807, 2.05) is 19.9 Å². The maximum Gasteiger partial charge on any atom is 0.340 e. The Morgan fingerprint density at radius 3 is 2.74 bits per heavy atom. The van der Waals surface area contributed by atoms with Gasteiger partial charge in [-0.15, -0.1) is 5.10 Å². The number of aryl methyl sites for hydroxylation is 2. The normalized spacial score (nSPS) is 12.7. The highest BCUT2D eigenvalue weighted by molar-refractivity contribution is 7.99. The fraction of sp³-hybridized carbons (Fsp3) is 0.500. The van der Waals surface area contributed by atoms with Crippen molar-refractivity contribution in [3.05, 3.63) is 17.5 Å². The molecule has 0 aromatic carbocycles. The average Bonchev–Trinajstić information content (AvgIpc) is 2.84. The Kier molecular flexibility index (Phi) is 4.88. The number of amidine groups is 1. The molecule has 124 valence electrons. The number of carbonyl (C=O) groups is 1. The van der Waals surface area contributed by atoms with Crippen LogP contribution in [-0.2, 0) is 9.63 Å². The third kappa shape index (κ3) is 4.41. The second-order valence-corrected chi connectivity index (χ2v) is 7.09. The number of hydrogen-bond donors (Lipinski definition) is 1. The molecule has 2 rings (SSSR count). The molecule has 0 saturated heterocycles. The van der Waals surface area contributed by atoms with E-state index < -0.39 is 11.4 Å². The van der Waals surface area contributed by atoms with Gasteiger partial charge in [-0.25, -0.2) is 14.3 Å². The Hall–Kier alpha value is -2.16. The van der Waals surface area contributed by atoms with E-state index in [0.717, 1.165) is 11.4 Å². The number of rotatable bonds is 4. The fourth-order valence-electron chi connectivity index (χ4n) is 1.61. The summed E-state index contributed by atoms with van der Waals surface area (Å²) < 4.78 is 1.67. The lowest BCUT2D eigenvalue weighted by Crippen LogP contribution is -2.23. The van der Waals surface area contributed by atoms with Crippen LogP contribution < -0.4 is 5.73 Å². The summed E-state index contributed by atoms with van der Waals surface area (Å²) in [7, 11) is 0. The summed E-state index contributed by atoms with van der Waals surface area (Å²) in [5, 5.41) is 8.52. The minimum Gasteiger partial charge on any atom is -0.384 e. The van der Waals surface area contributed by atoms with Gasteiger partial charge in [0.25, 0.3) is 5.78 Å². The third-order valence-corrected chi connectivity index (χ3v) is 3.68. The highest BCUT2D eigenvalue weighted by Gasteiger charge is 2.23. The summed E-state index contributed by atoms with van der Waals surface area (Å²) in [5.74, 6) is 0.602. The van der Waals surface area contributed by atoms with Gasteiger partial charge in [0.15, 0.2) is 5.84 Å². The van der Waals surface area contributed by atoms with Crippen molar-refractivity contribution in [1.82, 2.24) is 19.6 Å². The van der Waals surface area contributed by atoms with Gasteiger partial charge in [0.2, 0.25) is 5.16 Å². The maximum absolute atomic E-state index is 11.6. The predicted octanol–water partition coefficient (Wildman–Crippen LogP) is 1.69. The van der Waals surface area contributed by atoms with E-state index in [9.17, 15) is 4.79 Å². The summed E-state index contributed by atoms with van der Waals surface area (Å²) >= 11 is 1.30. The minimum atomic E-state index is -0.624. The molecule has 0 atom stereocenters. The molecule has 2 aromatic rings. The van der Waals surface area contributed by atoms with Crippen LogP contribution in [0.1, 0.15) is 32.2 Å². The van der Waals surface area contributed by atoms with Crippen LogP contribution in [0.2, 0.25) is 0 Å². The molecule has 2 heterocycles.